The van der Waals surface area contributed by atoms with E-state index in [1.807, 2.05) is 54.4 Å². The zero-order valence-corrected chi connectivity index (χ0v) is 26.5. The molecule has 2 aromatic rings. The van der Waals surface area contributed by atoms with Gasteiger partial charge >= 0.3 is 5.97 Å². The molecule has 2 unspecified atom stereocenters. The Kier molecular flexibility index (Phi) is 9.11. The van der Waals surface area contributed by atoms with Crippen LogP contribution in [0.5, 0.6) is 5.75 Å². The van der Waals surface area contributed by atoms with E-state index in [1.54, 1.807) is 6.92 Å². The molecule has 1 heterocycles. The van der Waals surface area contributed by atoms with Gasteiger partial charge in [-0.15, -0.1) is 0 Å². The molecule has 45 heavy (non-hydrogen) atoms. The van der Waals surface area contributed by atoms with Crippen molar-refractivity contribution in [3.05, 3.63) is 100 Å². The van der Waals surface area contributed by atoms with E-state index in [2.05, 4.69) is 31.4 Å². The lowest BCUT2D eigenvalue weighted by atomic mass is 9.86. The Morgan fingerprint density at radius 2 is 1.80 bits per heavy atom. The molecular weight excluding hydrogens is 583 g/mol. The average Bonchev–Trinajstić information content (AvgIpc) is 3.39. The summed E-state index contributed by atoms with van der Waals surface area (Å²) in [5.74, 6) is -2.74. The summed E-state index contributed by atoms with van der Waals surface area (Å²) in [6.07, 6.45) is 6.79. The van der Waals surface area contributed by atoms with E-state index in [9.17, 15) is 23.1 Å². The maximum Gasteiger partial charge on any atom is 0.347 e. The Morgan fingerprint density at radius 1 is 1.09 bits per heavy atom. The van der Waals surface area contributed by atoms with Crippen molar-refractivity contribution >= 4 is 5.97 Å². The highest BCUT2D eigenvalue weighted by atomic mass is 19.2. The molecule has 0 spiro atoms. The first kappa shape index (κ1) is 32.6. The summed E-state index contributed by atoms with van der Waals surface area (Å²) in [5.41, 5.74) is 1.83. The summed E-state index contributed by atoms with van der Waals surface area (Å²) in [6, 6.07) is 9.12. The van der Waals surface area contributed by atoms with Crippen molar-refractivity contribution in [2.75, 3.05) is 33.3 Å². The fourth-order valence-electron chi connectivity index (χ4n) is 6.24. The van der Waals surface area contributed by atoms with Crippen LogP contribution in [0.1, 0.15) is 51.7 Å². The average molecular weight is 626 g/mol. The first-order chi connectivity index (χ1) is 21.2. The number of carboxylic acid groups (broad SMARTS) is 1. The van der Waals surface area contributed by atoms with Gasteiger partial charge in [0.15, 0.2) is 11.6 Å². The molecule has 3 atom stereocenters. The van der Waals surface area contributed by atoms with Gasteiger partial charge in [0.05, 0.1) is 5.54 Å². The lowest BCUT2D eigenvalue weighted by Crippen LogP contribution is -2.43. The number of hydrogen-bond acceptors (Lipinski definition) is 6. The van der Waals surface area contributed by atoms with E-state index in [0.29, 0.717) is 50.9 Å². The number of likely N-dealkylation sites (tertiary alicyclic amines) is 1. The highest BCUT2D eigenvalue weighted by molar-refractivity contribution is 5.77. The summed E-state index contributed by atoms with van der Waals surface area (Å²) in [7, 11) is 1.87. The lowest BCUT2D eigenvalue weighted by molar-refractivity contribution is -0.155. The van der Waals surface area contributed by atoms with Crippen LogP contribution in [-0.2, 0) is 21.5 Å². The Hall–Kier alpha value is -3.76. The number of halogens is 3. The van der Waals surface area contributed by atoms with Crippen LogP contribution in [0.2, 0.25) is 0 Å². The zero-order valence-electron chi connectivity index (χ0n) is 26.5. The number of allylic oxidation sites excluding steroid dienone is 3. The molecule has 242 valence electrons. The number of ether oxygens (including phenoxy) is 2. The maximum atomic E-state index is 14.1. The van der Waals surface area contributed by atoms with Crippen molar-refractivity contribution in [3.8, 4) is 5.75 Å². The number of rotatable bonds is 13. The second kappa shape index (κ2) is 12.6. The standard InChI is InChI=1S/C35H42F3N3O4/c1-33(2,3)24-8-12-26(13-9-24)45-34(4,32(42)43)18-22-6-10-25(11-7-22)44-15-14-40-31-27-20-41(21-35(27,31)39-5)19-23-16-29(37)30(38)17-28(23)36/h6,8-13,16-17,22,39-40H,7,14-15,18-21H2,1-5H3,(H,42,43)/t22?,34?,35-/m0/s1. The summed E-state index contributed by atoms with van der Waals surface area (Å²) in [5, 5.41) is 16.8. The van der Waals surface area contributed by atoms with Crippen LogP contribution >= 0.6 is 0 Å². The van der Waals surface area contributed by atoms with Crippen molar-refractivity contribution in [2.24, 2.45) is 5.92 Å². The van der Waals surface area contributed by atoms with Crippen molar-refractivity contribution in [1.82, 2.24) is 15.5 Å². The molecule has 3 N–H and O–H groups in total. The normalized spacial score (nSPS) is 22.5. The Balaban J connectivity index is 1.07. The van der Waals surface area contributed by atoms with E-state index in [0.717, 1.165) is 23.1 Å². The van der Waals surface area contributed by atoms with Crippen LogP contribution < -0.4 is 15.4 Å². The molecule has 1 fully saturated rings. The summed E-state index contributed by atoms with van der Waals surface area (Å²) in [4.78, 5) is 14.2. The van der Waals surface area contributed by atoms with Gasteiger partial charge in [0.1, 0.15) is 23.9 Å². The zero-order chi connectivity index (χ0) is 32.6. The fraction of sp³-hybridized carbons (Fsp3) is 0.457. The van der Waals surface area contributed by atoms with E-state index in [-0.39, 0.29) is 29.0 Å². The Bertz CT molecular complexity index is 1530. The number of benzene rings is 2. The second-order valence-corrected chi connectivity index (χ2v) is 13.4. The molecular formula is C35H42F3N3O4. The first-order valence-electron chi connectivity index (χ1n) is 15.3. The van der Waals surface area contributed by atoms with Gasteiger partial charge in [0.2, 0.25) is 5.60 Å². The summed E-state index contributed by atoms with van der Waals surface area (Å²) >= 11 is 0. The van der Waals surface area contributed by atoms with Crippen LogP contribution in [-0.4, -0.2) is 60.4 Å². The fourth-order valence-corrected chi connectivity index (χ4v) is 6.24. The molecule has 2 aromatic carbocycles. The highest BCUT2D eigenvalue weighted by Crippen LogP contribution is 2.48. The number of aliphatic carboxylic acids is 1. The van der Waals surface area contributed by atoms with E-state index < -0.39 is 29.0 Å². The minimum atomic E-state index is -1.38. The van der Waals surface area contributed by atoms with E-state index in [4.69, 9.17) is 9.47 Å². The predicted octanol–water partition coefficient (Wildman–Crippen LogP) is 5.82. The third kappa shape index (κ3) is 7.07. The molecule has 7 nitrogen and oxygen atoms in total. The van der Waals surface area contributed by atoms with Crippen molar-refractivity contribution < 1.29 is 32.5 Å². The molecule has 0 saturated carbocycles. The topological polar surface area (TPSA) is 83.1 Å². The molecule has 3 aliphatic rings. The number of nitrogens with one attached hydrogen (secondary N) is 2. The van der Waals surface area contributed by atoms with Crippen LogP contribution in [0.3, 0.4) is 0 Å². The largest absolute Gasteiger partial charge is 0.492 e. The SMILES string of the molecule is CN[C@@]12CN(Cc3cc(F)c(F)cc3F)CC1=C2NCCOC1=CCC(CC(C)(Oc2ccc(C(C)(C)C)cc2)C(=O)O)C=C1. The van der Waals surface area contributed by atoms with Crippen LogP contribution in [0.4, 0.5) is 13.2 Å². The monoisotopic (exact) mass is 625 g/mol. The second-order valence-electron chi connectivity index (χ2n) is 13.4. The summed E-state index contributed by atoms with van der Waals surface area (Å²) < 4.78 is 53.0. The quantitative estimate of drug-likeness (QED) is 0.191. The van der Waals surface area contributed by atoms with Gasteiger partial charge < -0.3 is 25.2 Å². The predicted molar refractivity (Wildman–Crippen MR) is 166 cm³/mol. The third-order valence-corrected chi connectivity index (χ3v) is 8.93. The van der Waals surface area contributed by atoms with Crippen LogP contribution in [0, 0.1) is 23.4 Å². The Morgan fingerprint density at radius 3 is 2.40 bits per heavy atom. The minimum Gasteiger partial charge on any atom is -0.492 e. The van der Waals surface area contributed by atoms with Gasteiger partial charge in [-0.1, -0.05) is 39.0 Å². The molecule has 0 bridgehead atoms. The first-order valence-corrected chi connectivity index (χ1v) is 15.3. The minimum absolute atomic E-state index is 0.00507. The van der Waals surface area contributed by atoms with Gasteiger partial charge in [-0.3, -0.25) is 4.90 Å². The van der Waals surface area contributed by atoms with Crippen molar-refractivity contribution in [3.63, 3.8) is 0 Å². The molecule has 1 saturated heterocycles. The third-order valence-electron chi connectivity index (χ3n) is 8.93. The number of likely N-dealkylation sites (N-methyl/N-ethyl adjacent to an activating group) is 1. The number of carbonyl (C=O) groups is 1. The summed E-state index contributed by atoms with van der Waals surface area (Å²) in [6.45, 7) is 10.4. The van der Waals surface area contributed by atoms with Gasteiger partial charge in [-0.05, 0) is 73.2 Å². The van der Waals surface area contributed by atoms with Gasteiger partial charge in [0, 0.05) is 49.9 Å². The van der Waals surface area contributed by atoms with Crippen LogP contribution in [0.15, 0.2) is 71.7 Å². The molecule has 0 aromatic heterocycles. The van der Waals surface area contributed by atoms with Crippen LogP contribution in [0.25, 0.3) is 0 Å². The van der Waals surface area contributed by atoms with E-state index in [1.165, 1.54) is 5.57 Å². The van der Waals surface area contributed by atoms with Gasteiger partial charge in [-0.25, -0.2) is 18.0 Å². The molecule has 10 heteroatoms. The smallest absolute Gasteiger partial charge is 0.347 e. The molecule has 0 radical (unpaired) electrons. The number of hydrogen-bond donors (Lipinski definition) is 3. The number of fused-ring (bicyclic) bond motifs is 1. The van der Waals surface area contributed by atoms with Gasteiger partial charge in [-0.2, -0.15) is 0 Å². The van der Waals surface area contributed by atoms with Crippen molar-refractivity contribution in [2.45, 2.75) is 63.6 Å². The maximum absolute atomic E-state index is 14.1. The van der Waals surface area contributed by atoms with E-state index >= 15 is 0 Å². The Labute approximate surface area is 262 Å². The number of nitrogens with zero attached hydrogens (tertiary/aromatic N) is 1. The highest BCUT2D eigenvalue weighted by Gasteiger charge is 2.58. The molecule has 0 amide bonds. The van der Waals surface area contributed by atoms with Crippen molar-refractivity contribution in [1.29, 1.82) is 0 Å². The van der Waals surface area contributed by atoms with Gasteiger partial charge in [0.25, 0.3) is 0 Å². The number of carboxylic acids is 1. The molecule has 2 aliphatic carbocycles. The lowest BCUT2D eigenvalue weighted by Gasteiger charge is -2.30. The molecule has 5 rings (SSSR count). The molecule has 1 aliphatic heterocycles.